The van der Waals surface area contributed by atoms with E-state index in [0.29, 0.717) is 34.4 Å². The van der Waals surface area contributed by atoms with Gasteiger partial charge in [0.1, 0.15) is 23.3 Å². The van der Waals surface area contributed by atoms with Crippen molar-refractivity contribution in [3.63, 3.8) is 0 Å². The Bertz CT molecular complexity index is 1150. The minimum Gasteiger partial charge on any atom is -0.383 e. The number of hydrogen-bond acceptors (Lipinski definition) is 6. The molecule has 0 unspecified atom stereocenters. The van der Waals surface area contributed by atoms with Gasteiger partial charge >= 0.3 is 0 Å². The Hall–Kier alpha value is -3.68. The molecule has 4 aromatic rings. The summed E-state index contributed by atoms with van der Waals surface area (Å²) < 4.78 is 15.4. The van der Waals surface area contributed by atoms with E-state index in [0.717, 1.165) is 11.4 Å². The first-order chi connectivity index (χ1) is 13.4. The van der Waals surface area contributed by atoms with Crippen molar-refractivity contribution in [1.82, 2.24) is 19.5 Å². The topological polar surface area (TPSA) is 84.9 Å². The van der Waals surface area contributed by atoms with E-state index in [2.05, 4.69) is 20.3 Å². The number of nitrogens with zero attached hydrogens (tertiary/aromatic N) is 5. The third-order valence-corrected chi connectivity index (χ3v) is 4.37. The Morgan fingerprint density at radius 2 is 1.75 bits per heavy atom. The van der Waals surface area contributed by atoms with Gasteiger partial charge in [0, 0.05) is 37.6 Å². The molecule has 0 aliphatic heterocycles. The number of benzene rings is 2. The van der Waals surface area contributed by atoms with Crippen LogP contribution in [0.15, 0.2) is 48.5 Å². The van der Waals surface area contributed by atoms with Crippen LogP contribution in [0.5, 0.6) is 0 Å². The second kappa shape index (κ2) is 6.80. The van der Waals surface area contributed by atoms with Crippen molar-refractivity contribution in [1.29, 1.82) is 0 Å². The van der Waals surface area contributed by atoms with Crippen molar-refractivity contribution in [3.8, 4) is 5.95 Å². The Labute approximate surface area is 161 Å². The molecule has 0 radical (unpaired) electrons. The van der Waals surface area contributed by atoms with E-state index in [1.54, 1.807) is 16.7 Å². The number of hydrogen-bond donors (Lipinski definition) is 2. The maximum atomic E-state index is 13.8. The fourth-order valence-corrected chi connectivity index (χ4v) is 3.03. The molecular formula is C20H20FN7. The average molecular weight is 377 g/mol. The molecule has 0 saturated carbocycles. The van der Waals surface area contributed by atoms with Crippen LogP contribution in [0.25, 0.3) is 17.0 Å². The zero-order valence-corrected chi connectivity index (χ0v) is 15.8. The molecule has 142 valence electrons. The number of nitrogen functional groups attached to an aromatic ring is 1. The summed E-state index contributed by atoms with van der Waals surface area (Å²) in [6, 6.07) is 14.0. The minimum atomic E-state index is -0.350. The highest BCUT2D eigenvalue weighted by Crippen LogP contribution is 2.24. The predicted octanol–water partition coefficient (Wildman–Crippen LogP) is 3.65. The van der Waals surface area contributed by atoms with Gasteiger partial charge in [-0.1, -0.05) is 0 Å². The molecule has 0 aliphatic rings. The third-order valence-electron chi connectivity index (χ3n) is 4.37. The maximum Gasteiger partial charge on any atom is 0.239 e. The van der Waals surface area contributed by atoms with Crippen LogP contribution >= 0.6 is 0 Å². The molecule has 0 aliphatic carbocycles. The summed E-state index contributed by atoms with van der Waals surface area (Å²) in [5.41, 5.74) is 9.22. The first kappa shape index (κ1) is 17.7. The van der Waals surface area contributed by atoms with Gasteiger partial charge in [0.15, 0.2) is 0 Å². The van der Waals surface area contributed by atoms with Gasteiger partial charge in [0.2, 0.25) is 5.95 Å². The molecule has 3 N–H and O–H groups in total. The predicted molar refractivity (Wildman–Crippen MR) is 110 cm³/mol. The summed E-state index contributed by atoms with van der Waals surface area (Å²) in [7, 11) is 3.97. The van der Waals surface area contributed by atoms with Crippen LogP contribution in [0.4, 0.5) is 27.4 Å². The largest absolute Gasteiger partial charge is 0.383 e. The van der Waals surface area contributed by atoms with Crippen LogP contribution in [-0.4, -0.2) is 33.6 Å². The highest BCUT2D eigenvalue weighted by molar-refractivity contribution is 5.78. The lowest BCUT2D eigenvalue weighted by Crippen LogP contribution is -2.09. The van der Waals surface area contributed by atoms with E-state index in [1.165, 1.54) is 12.1 Å². The van der Waals surface area contributed by atoms with E-state index < -0.39 is 0 Å². The summed E-state index contributed by atoms with van der Waals surface area (Å²) in [6.07, 6.45) is 0. The minimum absolute atomic E-state index is 0.301. The molecule has 2 heterocycles. The van der Waals surface area contributed by atoms with Crippen molar-refractivity contribution >= 4 is 34.0 Å². The van der Waals surface area contributed by atoms with Gasteiger partial charge in [-0.2, -0.15) is 9.97 Å². The SMILES string of the molecule is Cc1nc2ccc(F)cc2n1-c1nc(N)cc(Nc2ccc(N(C)C)cc2)n1. The number of anilines is 4. The van der Waals surface area contributed by atoms with Gasteiger partial charge in [0.25, 0.3) is 0 Å². The Balaban J connectivity index is 1.74. The summed E-state index contributed by atoms with van der Waals surface area (Å²) in [4.78, 5) is 15.3. The van der Waals surface area contributed by atoms with Gasteiger partial charge in [-0.05, 0) is 43.3 Å². The quantitative estimate of drug-likeness (QED) is 0.565. The molecule has 0 fully saturated rings. The number of nitrogens with two attached hydrogens (primary N) is 1. The number of imidazole rings is 1. The molecule has 0 saturated heterocycles. The lowest BCUT2D eigenvalue weighted by molar-refractivity contribution is 0.629. The fraction of sp³-hybridized carbons (Fsp3) is 0.150. The molecule has 4 rings (SSSR count). The number of fused-ring (bicyclic) bond motifs is 1. The van der Waals surface area contributed by atoms with Crippen molar-refractivity contribution in [2.75, 3.05) is 30.0 Å². The summed E-state index contributed by atoms with van der Waals surface area (Å²) in [5, 5.41) is 3.23. The smallest absolute Gasteiger partial charge is 0.239 e. The zero-order valence-electron chi connectivity index (χ0n) is 15.8. The fourth-order valence-electron chi connectivity index (χ4n) is 3.03. The second-order valence-electron chi connectivity index (χ2n) is 6.67. The van der Waals surface area contributed by atoms with Crippen LogP contribution in [0.2, 0.25) is 0 Å². The van der Waals surface area contributed by atoms with Gasteiger partial charge in [-0.3, -0.25) is 4.57 Å². The average Bonchev–Trinajstić information content (AvgIpc) is 2.96. The lowest BCUT2D eigenvalue weighted by Gasteiger charge is -2.14. The van der Waals surface area contributed by atoms with E-state index in [-0.39, 0.29) is 5.82 Å². The van der Waals surface area contributed by atoms with Gasteiger partial charge in [0.05, 0.1) is 11.0 Å². The molecule has 8 heteroatoms. The van der Waals surface area contributed by atoms with E-state index in [9.17, 15) is 4.39 Å². The maximum absolute atomic E-state index is 13.8. The number of rotatable bonds is 4. The van der Waals surface area contributed by atoms with E-state index in [1.807, 2.05) is 50.2 Å². The first-order valence-corrected chi connectivity index (χ1v) is 8.74. The molecule has 0 amide bonds. The monoisotopic (exact) mass is 377 g/mol. The van der Waals surface area contributed by atoms with E-state index in [4.69, 9.17) is 5.73 Å². The number of aromatic nitrogens is 4. The van der Waals surface area contributed by atoms with Gasteiger partial charge in [-0.15, -0.1) is 0 Å². The van der Waals surface area contributed by atoms with Gasteiger partial charge in [-0.25, -0.2) is 9.37 Å². The van der Waals surface area contributed by atoms with Crippen LogP contribution in [0.3, 0.4) is 0 Å². The highest BCUT2D eigenvalue weighted by atomic mass is 19.1. The van der Waals surface area contributed by atoms with E-state index >= 15 is 0 Å². The van der Waals surface area contributed by atoms with Crippen LogP contribution in [0.1, 0.15) is 5.82 Å². The normalized spacial score (nSPS) is 11.0. The van der Waals surface area contributed by atoms with Crippen LogP contribution < -0.4 is 16.0 Å². The summed E-state index contributed by atoms with van der Waals surface area (Å²) >= 11 is 0. The van der Waals surface area contributed by atoms with Crippen molar-refractivity contribution < 1.29 is 4.39 Å². The Morgan fingerprint density at radius 1 is 1.00 bits per heavy atom. The Kier molecular flexibility index (Phi) is 4.31. The molecule has 0 spiro atoms. The van der Waals surface area contributed by atoms with Crippen LogP contribution in [-0.2, 0) is 0 Å². The molecule has 28 heavy (non-hydrogen) atoms. The molecule has 7 nitrogen and oxygen atoms in total. The zero-order chi connectivity index (χ0) is 19.8. The molecule has 2 aromatic carbocycles. The van der Waals surface area contributed by atoms with Crippen molar-refractivity contribution in [2.24, 2.45) is 0 Å². The number of nitrogens with one attached hydrogen (secondary N) is 1. The molecule has 0 atom stereocenters. The second-order valence-corrected chi connectivity index (χ2v) is 6.67. The summed E-state index contributed by atoms with van der Waals surface area (Å²) in [6.45, 7) is 1.82. The standard InChI is InChI=1S/C20H20FN7/c1-12-23-16-9-4-13(21)10-17(16)28(12)20-25-18(22)11-19(26-20)24-14-5-7-15(8-6-14)27(2)3/h4-11H,1-3H3,(H3,22,24,25,26). The Morgan fingerprint density at radius 3 is 2.46 bits per heavy atom. The molecule has 2 aromatic heterocycles. The molecule has 0 bridgehead atoms. The summed E-state index contributed by atoms with van der Waals surface area (Å²) in [5.74, 6) is 1.47. The first-order valence-electron chi connectivity index (χ1n) is 8.74. The highest BCUT2D eigenvalue weighted by Gasteiger charge is 2.14. The van der Waals surface area contributed by atoms with Crippen molar-refractivity contribution in [3.05, 3.63) is 60.2 Å². The van der Waals surface area contributed by atoms with Crippen molar-refractivity contribution in [2.45, 2.75) is 6.92 Å². The van der Waals surface area contributed by atoms with Crippen LogP contribution in [0, 0.1) is 12.7 Å². The third kappa shape index (κ3) is 3.32. The van der Waals surface area contributed by atoms with Gasteiger partial charge < -0.3 is 16.0 Å². The lowest BCUT2D eigenvalue weighted by atomic mass is 10.2. The number of halogens is 1. The molecular weight excluding hydrogens is 357 g/mol. The number of aryl methyl sites for hydroxylation is 1.